The molecule has 2 nitrogen and oxygen atoms in total. The molecular formula is C9H16N2S. The Morgan fingerprint density at radius 1 is 1.58 bits per heavy atom. The normalized spacial score (nSPS) is 29.6. The fourth-order valence-corrected chi connectivity index (χ4v) is 2.15. The number of nitrogens with zero attached hydrogens (tertiary/aromatic N) is 1. The summed E-state index contributed by atoms with van der Waals surface area (Å²) < 4.78 is 0. The first kappa shape index (κ1) is 9.65. The van der Waals surface area contributed by atoms with Gasteiger partial charge in [0.05, 0.1) is 5.54 Å². The van der Waals surface area contributed by atoms with E-state index < -0.39 is 0 Å². The molecule has 1 atom stereocenters. The Labute approximate surface area is 78.3 Å². The van der Waals surface area contributed by atoms with Crippen molar-refractivity contribution in [3.63, 3.8) is 0 Å². The summed E-state index contributed by atoms with van der Waals surface area (Å²) in [5, 5.41) is 0.707. The molecule has 0 bridgehead atoms. The van der Waals surface area contributed by atoms with Crippen molar-refractivity contribution in [3.05, 3.63) is 11.0 Å². The summed E-state index contributed by atoms with van der Waals surface area (Å²) in [5.74, 6) is 0. The minimum absolute atomic E-state index is 0.0549. The van der Waals surface area contributed by atoms with Crippen LogP contribution in [-0.4, -0.2) is 10.7 Å². The van der Waals surface area contributed by atoms with E-state index in [-0.39, 0.29) is 5.54 Å². The highest BCUT2D eigenvalue weighted by Crippen LogP contribution is 2.32. The minimum atomic E-state index is -0.0549. The third-order valence-electron chi connectivity index (χ3n) is 2.14. The van der Waals surface area contributed by atoms with Crippen LogP contribution in [0.4, 0.5) is 0 Å². The van der Waals surface area contributed by atoms with Crippen LogP contribution >= 0.6 is 11.8 Å². The van der Waals surface area contributed by atoms with E-state index in [0.29, 0.717) is 5.17 Å². The van der Waals surface area contributed by atoms with Gasteiger partial charge in [-0.2, -0.15) is 0 Å². The van der Waals surface area contributed by atoms with E-state index in [1.807, 2.05) is 0 Å². The number of amidine groups is 1. The lowest BCUT2D eigenvalue weighted by atomic mass is 9.99. The lowest BCUT2D eigenvalue weighted by molar-refractivity contribution is 0.564. The molecule has 1 heterocycles. The molecule has 1 aliphatic heterocycles. The molecule has 1 unspecified atom stereocenters. The summed E-state index contributed by atoms with van der Waals surface area (Å²) in [4.78, 5) is 5.75. The number of thioether (sulfide) groups is 1. The standard InChI is InChI=1S/C9H16N2S/c1-4-7-6-9(3,5-2)11-8(10)12-7/h6H,4-5H2,1-3H3,(H2,10,11). The van der Waals surface area contributed by atoms with Crippen LogP contribution in [0.1, 0.15) is 33.6 Å². The molecule has 0 spiro atoms. The van der Waals surface area contributed by atoms with Gasteiger partial charge >= 0.3 is 0 Å². The summed E-state index contributed by atoms with van der Waals surface area (Å²) in [6.45, 7) is 6.40. The second-order valence-electron chi connectivity index (χ2n) is 3.23. The highest BCUT2D eigenvalue weighted by Gasteiger charge is 2.23. The maximum atomic E-state index is 5.72. The Morgan fingerprint density at radius 2 is 2.25 bits per heavy atom. The van der Waals surface area contributed by atoms with Crippen molar-refractivity contribution in [2.24, 2.45) is 10.7 Å². The molecule has 2 N–H and O–H groups in total. The van der Waals surface area contributed by atoms with E-state index in [9.17, 15) is 0 Å². The van der Waals surface area contributed by atoms with Gasteiger partial charge in [0.25, 0.3) is 0 Å². The summed E-state index contributed by atoms with van der Waals surface area (Å²) in [6.07, 6.45) is 4.29. The molecule has 0 aromatic rings. The predicted octanol–water partition coefficient (Wildman–Crippen LogP) is 2.51. The SMILES string of the molecule is CCC1=CC(C)(CC)N=C(N)S1. The van der Waals surface area contributed by atoms with Gasteiger partial charge in [0.1, 0.15) is 0 Å². The van der Waals surface area contributed by atoms with E-state index >= 15 is 0 Å². The van der Waals surface area contributed by atoms with E-state index in [2.05, 4.69) is 31.8 Å². The number of nitrogens with two attached hydrogens (primary N) is 1. The van der Waals surface area contributed by atoms with Gasteiger partial charge < -0.3 is 5.73 Å². The molecule has 0 aromatic heterocycles. The second kappa shape index (κ2) is 3.52. The monoisotopic (exact) mass is 184 g/mol. The molecule has 0 radical (unpaired) electrons. The van der Waals surface area contributed by atoms with Crippen LogP contribution < -0.4 is 5.73 Å². The second-order valence-corrected chi connectivity index (χ2v) is 4.37. The van der Waals surface area contributed by atoms with Crippen molar-refractivity contribution in [2.75, 3.05) is 0 Å². The fourth-order valence-electron chi connectivity index (χ4n) is 1.17. The maximum absolute atomic E-state index is 5.72. The summed E-state index contributed by atoms with van der Waals surface area (Å²) in [5.41, 5.74) is 5.67. The van der Waals surface area contributed by atoms with Crippen LogP contribution in [-0.2, 0) is 0 Å². The number of hydrogen-bond acceptors (Lipinski definition) is 3. The average Bonchev–Trinajstić information content (AvgIpc) is 2.03. The molecule has 68 valence electrons. The smallest absolute Gasteiger partial charge is 0.159 e. The summed E-state index contributed by atoms with van der Waals surface area (Å²) in [6, 6.07) is 0. The molecule has 12 heavy (non-hydrogen) atoms. The Kier molecular flexibility index (Phi) is 2.83. The van der Waals surface area contributed by atoms with Gasteiger partial charge in [-0.3, -0.25) is 4.99 Å². The van der Waals surface area contributed by atoms with Crippen LogP contribution in [0.15, 0.2) is 16.0 Å². The van der Waals surface area contributed by atoms with Gasteiger partial charge in [-0.1, -0.05) is 25.6 Å². The number of aliphatic imine (C=N–C) groups is 1. The van der Waals surface area contributed by atoms with E-state index in [0.717, 1.165) is 12.8 Å². The first-order chi connectivity index (χ1) is 5.59. The maximum Gasteiger partial charge on any atom is 0.159 e. The molecule has 1 rings (SSSR count). The first-order valence-corrected chi connectivity index (χ1v) is 5.16. The number of hydrogen-bond donors (Lipinski definition) is 1. The molecule has 1 aliphatic rings. The van der Waals surface area contributed by atoms with Crippen molar-refractivity contribution in [1.29, 1.82) is 0 Å². The topological polar surface area (TPSA) is 38.4 Å². The largest absolute Gasteiger partial charge is 0.378 e. The van der Waals surface area contributed by atoms with Crippen LogP contribution in [0, 0.1) is 0 Å². The van der Waals surface area contributed by atoms with Crippen molar-refractivity contribution in [3.8, 4) is 0 Å². The van der Waals surface area contributed by atoms with Crippen molar-refractivity contribution < 1.29 is 0 Å². The Bertz CT molecular complexity index is 233. The van der Waals surface area contributed by atoms with Crippen molar-refractivity contribution in [1.82, 2.24) is 0 Å². The fraction of sp³-hybridized carbons (Fsp3) is 0.667. The number of allylic oxidation sites excluding steroid dienone is 1. The van der Waals surface area contributed by atoms with E-state index in [1.165, 1.54) is 4.91 Å². The lowest BCUT2D eigenvalue weighted by Crippen LogP contribution is -2.26. The van der Waals surface area contributed by atoms with Gasteiger partial charge in [0.15, 0.2) is 5.17 Å². The Hall–Kier alpha value is -0.440. The van der Waals surface area contributed by atoms with E-state index in [4.69, 9.17) is 5.73 Å². The molecule has 0 fully saturated rings. The first-order valence-electron chi connectivity index (χ1n) is 4.34. The lowest BCUT2D eigenvalue weighted by Gasteiger charge is -2.25. The summed E-state index contributed by atoms with van der Waals surface area (Å²) in [7, 11) is 0. The van der Waals surface area contributed by atoms with Crippen LogP contribution in [0.5, 0.6) is 0 Å². The Balaban J connectivity index is 2.87. The van der Waals surface area contributed by atoms with Gasteiger partial charge in [0.2, 0.25) is 0 Å². The summed E-state index contributed by atoms with van der Waals surface area (Å²) >= 11 is 1.59. The van der Waals surface area contributed by atoms with Crippen LogP contribution in [0.2, 0.25) is 0 Å². The van der Waals surface area contributed by atoms with Gasteiger partial charge in [-0.05, 0) is 30.7 Å². The Morgan fingerprint density at radius 3 is 2.75 bits per heavy atom. The molecular weight excluding hydrogens is 168 g/mol. The highest BCUT2D eigenvalue weighted by molar-refractivity contribution is 8.17. The third-order valence-corrected chi connectivity index (χ3v) is 3.11. The average molecular weight is 184 g/mol. The molecule has 3 heteroatoms. The van der Waals surface area contributed by atoms with Gasteiger partial charge in [0, 0.05) is 0 Å². The zero-order chi connectivity index (χ0) is 9.19. The van der Waals surface area contributed by atoms with Gasteiger partial charge in [-0.25, -0.2) is 0 Å². The van der Waals surface area contributed by atoms with E-state index in [1.54, 1.807) is 11.8 Å². The highest BCUT2D eigenvalue weighted by atomic mass is 32.2. The zero-order valence-corrected chi connectivity index (χ0v) is 8.74. The van der Waals surface area contributed by atoms with Gasteiger partial charge in [-0.15, -0.1) is 0 Å². The molecule has 0 aromatic carbocycles. The molecule has 0 amide bonds. The molecule has 0 saturated heterocycles. The van der Waals surface area contributed by atoms with Crippen LogP contribution in [0.25, 0.3) is 0 Å². The number of rotatable bonds is 2. The predicted molar refractivity (Wildman–Crippen MR) is 56.3 cm³/mol. The van der Waals surface area contributed by atoms with Crippen molar-refractivity contribution >= 4 is 16.9 Å². The zero-order valence-electron chi connectivity index (χ0n) is 7.92. The minimum Gasteiger partial charge on any atom is -0.378 e. The van der Waals surface area contributed by atoms with Crippen LogP contribution in [0.3, 0.4) is 0 Å². The van der Waals surface area contributed by atoms with Crippen molar-refractivity contribution in [2.45, 2.75) is 39.2 Å². The third kappa shape index (κ3) is 2.03. The molecule has 0 saturated carbocycles. The quantitative estimate of drug-likeness (QED) is 0.716. The molecule has 0 aliphatic carbocycles.